The van der Waals surface area contributed by atoms with Crippen LogP contribution in [-0.2, 0) is 6.42 Å². The van der Waals surface area contributed by atoms with Crippen molar-refractivity contribution in [2.75, 3.05) is 7.11 Å². The number of hydrogen-bond donors (Lipinski definition) is 1. The van der Waals surface area contributed by atoms with Crippen molar-refractivity contribution < 1.29 is 9.26 Å². The van der Waals surface area contributed by atoms with Crippen LogP contribution in [-0.4, -0.2) is 18.3 Å². The summed E-state index contributed by atoms with van der Waals surface area (Å²) in [6.45, 7) is 1.97. The van der Waals surface area contributed by atoms with Crippen LogP contribution in [0.1, 0.15) is 19.1 Å². The lowest BCUT2D eigenvalue weighted by atomic mass is 10.2. The van der Waals surface area contributed by atoms with Crippen LogP contribution in [0.15, 0.2) is 10.6 Å². The van der Waals surface area contributed by atoms with E-state index >= 15 is 0 Å². The minimum Gasteiger partial charge on any atom is -0.479 e. The zero-order valence-electron chi connectivity index (χ0n) is 7.41. The number of nitrogens with two attached hydrogens (primary N) is 1. The van der Waals surface area contributed by atoms with Crippen molar-refractivity contribution in [3.63, 3.8) is 0 Å². The van der Waals surface area contributed by atoms with Gasteiger partial charge in [-0.2, -0.15) is 0 Å². The van der Waals surface area contributed by atoms with Gasteiger partial charge >= 0.3 is 0 Å². The van der Waals surface area contributed by atoms with E-state index in [1.165, 1.54) is 0 Å². The van der Waals surface area contributed by atoms with Crippen molar-refractivity contribution in [2.45, 2.75) is 25.8 Å². The number of rotatable bonds is 4. The van der Waals surface area contributed by atoms with Gasteiger partial charge in [-0.3, -0.25) is 0 Å². The summed E-state index contributed by atoms with van der Waals surface area (Å²) in [5.41, 5.74) is 5.59. The average Bonchev–Trinajstić information content (AvgIpc) is 2.48. The smallest absolute Gasteiger partial charge is 0.254 e. The maximum Gasteiger partial charge on any atom is 0.254 e. The monoisotopic (exact) mass is 170 g/mol. The summed E-state index contributed by atoms with van der Waals surface area (Å²) in [6, 6.07) is 1.98. The number of hydrogen-bond acceptors (Lipinski definition) is 4. The third-order valence-electron chi connectivity index (χ3n) is 1.59. The van der Waals surface area contributed by atoms with Gasteiger partial charge in [-0.05, 0) is 18.5 Å². The van der Waals surface area contributed by atoms with Gasteiger partial charge in [0.25, 0.3) is 5.88 Å². The Kier molecular flexibility index (Phi) is 3.10. The molecule has 1 aromatic heterocycles. The standard InChI is InChI=1S/C8H14N2O2/c1-6(9)3-4-7-5-8(11-2)10-12-7/h5-6H,3-4,9H2,1-2H3/t6-/m1/s1. The predicted molar refractivity (Wildman–Crippen MR) is 45.0 cm³/mol. The fourth-order valence-electron chi connectivity index (χ4n) is 0.878. The van der Waals surface area contributed by atoms with Crippen LogP contribution in [0, 0.1) is 0 Å². The highest BCUT2D eigenvalue weighted by Gasteiger charge is 2.04. The topological polar surface area (TPSA) is 61.3 Å². The first-order chi connectivity index (χ1) is 5.72. The molecule has 0 unspecified atom stereocenters. The first-order valence-corrected chi connectivity index (χ1v) is 3.97. The van der Waals surface area contributed by atoms with Gasteiger partial charge in [0.15, 0.2) is 0 Å². The molecule has 4 heteroatoms. The van der Waals surface area contributed by atoms with Crippen molar-refractivity contribution in [3.8, 4) is 5.88 Å². The van der Waals surface area contributed by atoms with Crippen LogP contribution in [0.4, 0.5) is 0 Å². The summed E-state index contributed by atoms with van der Waals surface area (Å²) in [7, 11) is 1.56. The molecule has 12 heavy (non-hydrogen) atoms. The molecule has 1 aromatic rings. The second kappa shape index (κ2) is 4.11. The second-order valence-electron chi connectivity index (χ2n) is 2.85. The number of ether oxygens (including phenoxy) is 1. The van der Waals surface area contributed by atoms with Crippen LogP contribution >= 0.6 is 0 Å². The van der Waals surface area contributed by atoms with Crippen molar-refractivity contribution in [1.29, 1.82) is 0 Å². The Morgan fingerprint density at radius 1 is 1.75 bits per heavy atom. The van der Waals surface area contributed by atoms with Crippen LogP contribution < -0.4 is 10.5 Å². The molecule has 1 atom stereocenters. The molecular formula is C8H14N2O2. The normalized spacial score (nSPS) is 12.9. The average molecular weight is 170 g/mol. The van der Waals surface area contributed by atoms with Crippen LogP contribution in [0.25, 0.3) is 0 Å². The highest BCUT2D eigenvalue weighted by Crippen LogP contribution is 2.12. The van der Waals surface area contributed by atoms with Crippen molar-refractivity contribution in [2.24, 2.45) is 5.73 Å². The van der Waals surface area contributed by atoms with E-state index in [0.29, 0.717) is 5.88 Å². The molecule has 0 aliphatic heterocycles. The van der Waals surface area contributed by atoms with E-state index in [2.05, 4.69) is 5.16 Å². The third-order valence-corrected chi connectivity index (χ3v) is 1.59. The molecule has 1 heterocycles. The van der Waals surface area contributed by atoms with Gasteiger partial charge in [0.05, 0.1) is 7.11 Å². The summed E-state index contributed by atoms with van der Waals surface area (Å²) in [6.07, 6.45) is 1.71. The molecule has 2 N–H and O–H groups in total. The Morgan fingerprint density at radius 3 is 3.00 bits per heavy atom. The van der Waals surface area contributed by atoms with E-state index in [0.717, 1.165) is 18.6 Å². The van der Waals surface area contributed by atoms with E-state index in [-0.39, 0.29) is 6.04 Å². The highest BCUT2D eigenvalue weighted by atomic mass is 16.5. The molecule has 0 saturated heterocycles. The molecular weight excluding hydrogens is 156 g/mol. The van der Waals surface area contributed by atoms with Gasteiger partial charge in [0.1, 0.15) is 5.76 Å². The van der Waals surface area contributed by atoms with Crippen molar-refractivity contribution in [1.82, 2.24) is 5.16 Å². The molecule has 0 spiro atoms. The lowest BCUT2D eigenvalue weighted by molar-refractivity contribution is 0.324. The van der Waals surface area contributed by atoms with Crippen LogP contribution in [0.5, 0.6) is 5.88 Å². The minimum atomic E-state index is 0.195. The lowest BCUT2D eigenvalue weighted by Gasteiger charge is -1.99. The molecule has 0 aliphatic rings. The minimum absolute atomic E-state index is 0.195. The fraction of sp³-hybridized carbons (Fsp3) is 0.625. The molecule has 1 rings (SSSR count). The zero-order valence-corrected chi connectivity index (χ0v) is 7.41. The Labute approximate surface area is 71.7 Å². The number of aryl methyl sites for hydroxylation is 1. The molecule has 68 valence electrons. The van der Waals surface area contributed by atoms with E-state index < -0.39 is 0 Å². The summed E-state index contributed by atoms with van der Waals surface area (Å²) in [5, 5.41) is 3.67. The second-order valence-corrected chi connectivity index (χ2v) is 2.85. The maximum absolute atomic E-state index is 5.59. The van der Waals surface area contributed by atoms with E-state index in [1.54, 1.807) is 13.2 Å². The molecule has 0 saturated carbocycles. The highest BCUT2D eigenvalue weighted by molar-refractivity contribution is 5.10. The summed E-state index contributed by atoms with van der Waals surface area (Å²) in [4.78, 5) is 0. The molecule has 0 bridgehead atoms. The Hall–Kier alpha value is -1.03. The zero-order chi connectivity index (χ0) is 8.97. The summed E-state index contributed by atoms with van der Waals surface area (Å²) < 4.78 is 9.84. The van der Waals surface area contributed by atoms with E-state index in [4.69, 9.17) is 15.0 Å². The molecule has 0 aromatic carbocycles. The Bertz CT molecular complexity index is 233. The van der Waals surface area contributed by atoms with Gasteiger partial charge < -0.3 is 15.0 Å². The number of methoxy groups -OCH3 is 1. The maximum atomic E-state index is 5.59. The van der Waals surface area contributed by atoms with Gasteiger partial charge in [0.2, 0.25) is 0 Å². The Morgan fingerprint density at radius 2 is 2.50 bits per heavy atom. The number of aromatic nitrogens is 1. The largest absolute Gasteiger partial charge is 0.479 e. The SMILES string of the molecule is COc1cc(CC[C@@H](C)N)on1. The summed E-state index contributed by atoms with van der Waals surface area (Å²) >= 11 is 0. The van der Waals surface area contributed by atoms with Crippen LogP contribution in [0.3, 0.4) is 0 Å². The lowest BCUT2D eigenvalue weighted by Crippen LogP contribution is -2.15. The van der Waals surface area contributed by atoms with Crippen molar-refractivity contribution >= 4 is 0 Å². The third kappa shape index (κ3) is 2.54. The predicted octanol–water partition coefficient (Wildman–Crippen LogP) is 0.963. The number of nitrogens with zero attached hydrogens (tertiary/aromatic N) is 1. The van der Waals surface area contributed by atoms with E-state index in [9.17, 15) is 0 Å². The quantitative estimate of drug-likeness (QED) is 0.731. The van der Waals surface area contributed by atoms with Gasteiger partial charge in [-0.25, -0.2) is 0 Å². The van der Waals surface area contributed by atoms with E-state index in [1.807, 2.05) is 6.92 Å². The molecule has 0 aliphatic carbocycles. The first kappa shape index (κ1) is 9.06. The molecule has 0 amide bonds. The molecule has 4 nitrogen and oxygen atoms in total. The molecule has 0 fully saturated rings. The van der Waals surface area contributed by atoms with Gasteiger partial charge in [-0.1, -0.05) is 0 Å². The Balaban J connectivity index is 2.41. The van der Waals surface area contributed by atoms with Crippen LogP contribution in [0.2, 0.25) is 0 Å². The molecule has 0 radical (unpaired) electrons. The van der Waals surface area contributed by atoms with Gasteiger partial charge in [-0.15, -0.1) is 0 Å². The fourth-order valence-corrected chi connectivity index (χ4v) is 0.878. The summed E-state index contributed by atoms with van der Waals surface area (Å²) in [5.74, 6) is 1.35. The van der Waals surface area contributed by atoms with Gasteiger partial charge in [0, 0.05) is 18.5 Å². The first-order valence-electron chi connectivity index (χ1n) is 3.97. The van der Waals surface area contributed by atoms with Crippen molar-refractivity contribution in [3.05, 3.63) is 11.8 Å².